The van der Waals surface area contributed by atoms with Crippen LogP contribution < -0.4 is 5.32 Å². The highest BCUT2D eigenvalue weighted by Crippen LogP contribution is 2.12. The Balaban J connectivity index is 1.61. The average molecular weight is 320 g/mol. The van der Waals surface area contributed by atoms with Crippen molar-refractivity contribution >= 4 is 29.3 Å². The maximum atomic E-state index is 11.8. The van der Waals surface area contributed by atoms with E-state index in [4.69, 9.17) is 11.6 Å². The van der Waals surface area contributed by atoms with Gasteiger partial charge in [0.1, 0.15) is 0 Å². The topological polar surface area (TPSA) is 29.1 Å². The monoisotopic (exact) mass is 319 g/mol. The highest BCUT2D eigenvalue weighted by Gasteiger charge is 2.03. The minimum absolute atomic E-state index is 0.0394. The van der Waals surface area contributed by atoms with E-state index in [0.717, 1.165) is 17.1 Å². The second-order valence-corrected chi connectivity index (χ2v) is 6.24. The molecule has 4 heteroatoms. The molecule has 0 fully saturated rings. The van der Waals surface area contributed by atoms with Crippen LogP contribution in [0.2, 0.25) is 5.02 Å². The third kappa shape index (κ3) is 6.23. The van der Waals surface area contributed by atoms with Gasteiger partial charge in [-0.15, -0.1) is 0 Å². The molecule has 110 valence electrons. The zero-order valence-electron chi connectivity index (χ0n) is 11.7. The Labute approximate surface area is 134 Å². The van der Waals surface area contributed by atoms with Crippen molar-refractivity contribution in [2.24, 2.45) is 0 Å². The number of rotatable bonds is 7. The molecule has 1 amide bonds. The molecule has 0 saturated heterocycles. The molecule has 0 atom stereocenters. The van der Waals surface area contributed by atoms with Gasteiger partial charge in [-0.3, -0.25) is 4.79 Å². The summed E-state index contributed by atoms with van der Waals surface area (Å²) in [6, 6.07) is 17.7. The fraction of sp³-hybridized carbons (Fsp3) is 0.235. The molecule has 21 heavy (non-hydrogen) atoms. The van der Waals surface area contributed by atoms with Crippen LogP contribution in [0.5, 0.6) is 0 Å². The molecule has 0 bridgehead atoms. The van der Waals surface area contributed by atoms with E-state index in [1.165, 1.54) is 5.56 Å². The van der Waals surface area contributed by atoms with Gasteiger partial charge in [0.05, 0.1) is 6.42 Å². The lowest BCUT2D eigenvalue weighted by atomic mass is 10.1. The molecule has 0 aliphatic heterocycles. The van der Waals surface area contributed by atoms with Crippen molar-refractivity contribution in [2.45, 2.75) is 12.2 Å². The first-order valence-electron chi connectivity index (χ1n) is 6.87. The van der Waals surface area contributed by atoms with Gasteiger partial charge in [0.15, 0.2) is 0 Å². The Kier molecular flexibility index (Phi) is 6.64. The van der Waals surface area contributed by atoms with Crippen molar-refractivity contribution in [3.8, 4) is 0 Å². The number of benzene rings is 2. The maximum Gasteiger partial charge on any atom is 0.224 e. The molecule has 0 unspecified atom stereocenters. The summed E-state index contributed by atoms with van der Waals surface area (Å²) in [6.45, 7) is 0.691. The predicted octanol–water partition coefficient (Wildman–Crippen LogP) is 3.93. The van der Waals surface area contributed by atoms with E-state index in [1.54, 1.807) is 0 Å². The number of halogens is 1. The van der Waals surface area contributed by atoms with Crippen LogP contribution in [0.15, 0.2) is 54.6 Å². The van der Waals surface area contributed by atoms with Crippen LogP contribution >= 0.6 is 23.4 Å². The van der Waals surface area contributed by atoms with Crippen molar-refractivity contribution in [2.75, 3.05) is 12.3 Å². The summed E-state index contributed by atoms with van der Waals surface area (Å²) in [6.07, 6.45) is 0.379. The summed E-state index contributed by atoms with van der Waals surface area (Å²) >= 11 is 7.72. The third-order valence-corrected chi connectivity index (χ3v) is 4.20. The van der Waals surface area contributed by atoms with Crippen LogP contribution in [0.3, 0.4) is 0 Å². The Morgan fingerprint density at radius 1 is 1.05 bits per heavy atom. The molecular weight excluding hydrogens is 302 g/mol. The van der Waals surface area contributed by atoms with Crippen LogP contribution in [-0.4, -0.2) is 18.2 Å². The molecule has 0 aliphatic carbocycles. The van der Waals surface area contributed by atoms with Crippen molar-refractivity contribution in [3.63, 3.8) is 0 Å². The second kappa shape index (κ2) is 8.75. The number of thioether (sulfide) groups is 1. The molecule has 0 heterocycles. The third-order valence-electron chi connectivity index (χ3n) is 2.93. The first-order valence-corrected chi connectivity index (χ1v) is 8.40. The van der Waals surface area contributed by atoms with Crippen LogP contribution in [0.4, 0.5) is 0 Å². The standard InChI is InChI=1S/C17H18ClNOS/c18-16-8-4-7-15(11-16)12-17(20)19-9-10-21-13-14-5-2-1-3-6-14/h1-8,11H,9-10,12-13H2,(H,19,20). The fourth-order valence-corrected chi connectivity index (χ4v) is 2.95. The smallest absolute Gasteiger partial charge is 0.224 e. The number of hydrogen-bond acceptors (Lipinski definition) is 2. The van der Waals surface area contributed by atoms with Gasteiger partial charge in [-0.05, 0) is 23.3 Å². The number of carbonyl (C=O) groups excluding carboxylic acids is 1. The minimum Gasteiger partial charge on any atom is -0.355 e. The molecule has 0 aliphatic rings. The predicted molar refractivity (Wildman–Crippen MR) is 90.8 cm³/mol. The van der Waals surface area contributed by atoms with Gasteiger partial charge in [0.2, 0.25) is 5.91 Å². The number of hydrogen-bond donors (Lipinski definition) is 1. The van der Waals surface area contributed by atoms with E-state index in [2.05, 4.69) is 17.4 Å². The summed E-state index contributed by atoms with van der Waals surface area (Å²) in [5.74, 6) is 1.93. The van der Waals surface area contributed by atoms with Crippen LogP contribution in [0, 0.1) is 0 Å². The van der Waals surface area contributed by atoms with E-state index in [9.17, 15) is 4.79 Å². The largest absolute Gasteiger partial charge is 0.355 e. The summed E-state index contributed by atoms with van der Waals surface area (Å²) in [4.78, 5) is 11.8. The van der Waals surface area contributed by atoms with Gasteiger partial charge in [-0.2, -0.15) is 11.8 Å². The van der Waals surface area contributed by atoms with Crippen molar-refractivity contribution in [1.29, 1.82) is 0 Å². The van der Waals surface area contributed by atoms with Gasteiger partial charge in [0.25, 0.3) is 0 Å². The van der Waals surface area contributed by atoms with Crippen molar-refractivity contribution < 1.29 is 4.79 Å². The molecule has 0 radical (unpaired) electrons. The van der Waals surface area contributed by atoms with E-state index in [1.807, 2.05) is 54.2 Å². The van der Waals surface area contributed by atoms with E-state index in [-0.39, 0.29) is 5.91 Å². The lowest BCUT2D eigenvalue weighted by Gasteiger charge is -2.06. The molecule has 2 aromatic carbocycles. The van der Waals surface area contributed by atoms with E-state index < -0.39 is 0 Å². The summed E-state index contributed by atoms with van der Waals surface area (Å²) < 4.78 is 0. The molecule has 0 aromatic heterocycles. The van der Waals surface area contributed by atoms with E-state index in [0.29, 0.717) is 18.0 Å². The summed E-state index contributed by atoms with van der Waals surface area (Å²) in [7, 11) is 0. The summed E-state index contributed by atoms with van der Waals surface area (Å²) in [5.41, 5.74) is 2.25. The molecule has 2 rings (SSSR count). The first-order chi connectivity index (χ1) is 10.2. The van der Waals surface area contributed by atoms with Crippen molar-refractivity contribution in [1.82, 2.24) is 5.32 Å². The number of carbonyl (C=O) groups is 1. The molecule has 1 N–H and O–H groups in total. The van der Waals surface area contributed by atoms with Crippen LogP contribution in [0.1, 0.15) is 11.1 Å². The number of amides is 1. The Hall–Kier alpha value is -1.45. The minimum atomic E-state index is 0.0394. The Bertz CT molecular complexity index is 574. The van der Waals surface area contributed by atoms with Gasteiger partial charge in [-0.25, -0.2) is 0 Å². The Morgan fingerprint density at radius 2 is 1.81 bits per heavy atom. The fourth-order valence-electron chi connectivity index (χ4n) is 1.92. The lowest BCUT2D eigenvalue weighted by molar-refractivity contribution is -0.120. The average Bonchev–Trinajstić information content (AvgIpc) is 2.48. The zero-order valence-corrected chi connectivity index (χ0v) is 13.3. The molecule has 2 nitrogen and oxygen atoms in total. The molecular formula is C17H18ClNOS. The number of nitrogens with one attached hydrogen (secondary N) is 1. The maximum absolute atomic E-state index is 11.8. The molecule has 0 spiro atoms. The molecule has 2 aromatic rings. The lowest BCUT2D eigenvalue weighted by Crippen LogP contribution is -2.27. The van der Waals surface area contributed by atoms with Gasteiger partial charge in [0, 0.05) is 23.1 Å². The molecule has 0 saturated carbocycles. The summed E-state index contributed by atoms with van der Waals surface area (Å²) in [5, 5.41) is 3.60. The van der Waals surface area contributed by atoms with Gasteiger partial charge >= 0.3 is 0 Å². The van der Waals surface area contributed by atoms with Gasteiger partial charge in [-0.1, -0.05) is 54.1 Å². The zero-order chi connectivity index (χ0) is 14.9. The van der Waals surface area contributed by atoms with Crippen LogP contribution in [-0.2, 0) is 17.0 Å². The van der Waals surface area contributed by atoms with Gasteiger partial charge < -0.3 is 5.32 Å². The highest BCUT2D eigenvalue weighted by atomic mass is 35.5. The highest BCUT2D eigenvalue weighted by molar-refractivity contribution is 7.98. The van der Waals surface area contributed by atoms with E-state index >= 15 is 0 Å². The Morgan fingerprint density at radius 3 is 2.57 bits per heavy atom. The SMILES string of the molecule is O=C(Cc1cccc(Cl)c1)NCCSCc1ccccc1. The first kappa shape index (κ1) is 15.9. The van der Waals surface area contributed by atoms with Crippen molar-refractivity contribution in [3.05, 3.63) is 70.7 Å². The quantitative estimate of drug-likeness (QED) is 0.783. The van der Waals surface area contributed by atoms with Crippen LogP contribution in [0.25, 0.3) is 0 Å². The normalized spacial score (nSPS) is 10.3. The second-order valence-electron chi connectivity index (χ2n) is 4.69.